The van der Waals surface area contributed by atoms with E-state index < -0.39 is 28.7 Å². The number of halogens is 2. The molecule has 0 aliphatic heterocycles. The van der Waals surface area contributed by atoms with Crippen LogP contribution in [0.25, 0.3) is 5.69 Å². The summed E-state index contributed by atoms with van der Waals surface area (Å²) in [5, 5.41) is 18.2. The van der Waals surface area contributed by atoms with Gasteiger partial charge in [-0.25, -0.2) is 19.8 Å². The maximum absolute atomic E-state index is 12.4. The largest absolute Gasteiger partial charge is 0.449 e. The van der Waals surface area contributed by atoms with Crippen molar-refractivity contribution in [3.63, 3.8) is 0 Å². The third kappa shape index (κ3) is 6.81. The van der Waals surface area contributed by atoms with Crippen molar-refractivity contribution in [2.45, 2.75) is 26.2 Å². The van der Waals surface area contributed by atoms with E-state index in [2.05, 4.69) is 30.8 Å². The SMILES string of the molecule is CCCCOC(=O)Nc1nn(-c2cc(Cl)c(Oc3cc(Cc4ccc(=O)[nH]n4)c(=O)[nH]n3)c(Cl)c2)c(=O)[nH]c1=O. The van der Waals surface area contributed by atoms with E-state index in [1.807, 2.05) is 11.9 Å². The maximum atomic E-state index is 12.4. The summed E-state index contributed by atoms with van der Waals surface area (Å²) in [6, 6.07) is 6.63. The standard InChI is InChI=1S/C23H20Cl2N8O7/c1-2-3-6-39-23(38)26-19-21(36)27-22(37)33(32-19)13-9-14(24)18(15(25)10-13)40-17-8-11(20(35)31-30-17)7-12-4-5-16(34)29-28-12/h4-5,8-10H,2-3,6-7H2,1H3,(H,29,34)(H,31,35)(H,26,32,38)(H,27,36,37). The number of rotatable bonds is 9. The first-order chi connectivity index (χ1) is 19.1. The molecule has 208 valence electrons. The molecule has 4 rings (SSSR count). The van der Waals surface area contributed by atoms with E-state index in [9.17, 15) is 24.0 Å². The molecule has 0 spiro atoms. The summed E-state index contributed by atoms with van der Waals surface area (Å²) in [6.07, 6.45) is 0.575. The molecule has 0 bridgehead atoms. The van der Waals surface area contributed by atoms with Crippen molar-refractivity contribution in [3.8, 4) is 17.3 Å². The number of unbranched alkanes of at least 4 members (excludes halogenated alkanes) is 1. The molecule has 3 aromatic heterocycles. The van der Waals surface area contributed by atoms with Crippen molar-refractivity contribution >= 4 is 35.1 Å². The summed E-state index contributed by atoms with van der Waals surface area (Å²) in [7, 11) is 0. The van der Waals surface area contributed by atoms with Gasteiger partial charge in [0.05, 0.1) is 28.0 Å². The van der Waals surface area contributed by atoms with Crippen LogP contribution in [-0.4, -0.2) is 47.9 Å². The normalized spacial score (nSPS) is 10.8. The van der Waals surface area contributed by atoms with Crippen LogP contribution < -0.4 is 32.4 Å². The van der Waals surface area contributed by atoms with Crippen molar-refractivity contribution in [2.75, 3.05) is 11.9 Å². The van der Waals surface area contributed by atoms with Crippen LogP contribution in [0.2, 0.25) is 10.0 Å². The van der Waals surface area contributed by atoms with Gasteiger partial charge in [-0.15, -0.1) is 10.2 Å². The van der Waals surface area contributed by atoms with E-state index in [1.165, 1.54) is 30.3 Å². The van der Waals surface area contributed by atoms with Gasteiger partial charge in [-0.05, 0) is 24.6 Å². The lowest BCUT2D eigenvalue weighted by Gasteiger charge is -2.12. The zero-order valence-electron chi connectivity index (χ0n) is 20.6. The number of benzene rings is 1. The van der Waals surface area contributed by atoms with E-state index in [4.69, 9.17) is 32.7 Å². The number of ether oxygens (including phenoxy) is 2. The van der Waals surface area contributed by atoms with E-state index in [0.29, 0.717) is 12.1 Å². The number of aromatic nitrogens is 7. The fourth-order valence-electron chi connectivity index (χ4n) is 3.24. The molecule has 0 radical (unpaired) electrons. The minimum Gasteiger partial charge on any atom is -0.449 e. The molecule has 4 aromatic rings. The van der Waals surface area contributed by atoms with Crippen molar-refractivity contribution in [1.29, 1.82) is 0 Å². The van der Waals surface area contributed by atoms with Crippen LogP contribution in [0.5, 0.6) is 11.6 Å². The second-order valence-corrected chi connectivity index (χ2v) is 8.94. The van der Waals surface area contributed by atoms with E-state index in [-0.39, 0.29) is 51.5 Å². The summed E-state index contributed by atoms with van der Waals surface area (Å²) in [6.45, 7) is 2.06. The van der Waals surface area contributed by atoms with Crippen molar-refractivity contribution in [1.82, 2.24) is 35.2 Å². The highest BCUT2D eigenvalue weighted by molar-refractivity contribution is 6.37. The summed E-state index contributed by atoms with van der Waals surface area (Å²) < 4.78 is 11.4. The van der Waals surface area contributed by atoms with Crippen LogP contribution in [0.15, 0.2) is 49.5 Å². The number of amides is 1. The molecule has 0 unspecified atom stereocenters. The van der Waals surface area contributed by atoms with E-state index in [1.54, 1.807) is 0 Å². The number of H-pyrrole nitrogens is 3. The lowest BCUT2D eigenvalue weighted by Crippen LogP contribution is -2.34. The molecule has 0 aliphatic rings. The van der Waals surface area contributed by atoms with Gasteiger partial charge in [-0.3, -0.25) is 24.7 Å². The monoisotopic (exact) mass is 590 g/mol. The Labute approximate surface area is 233 Å². The molecule has 17 heteroatoms. The highest BCUT2D eigenvalue weighted by Crippen LogP contribution is 2.37. The van der Waals surface area contributed by atoms with Crippen LogP contribution in [-0.2, 0) is 11.2 Å². The van der Waals surface area contributed by atoms with Crippen LogP contribution in [0.1, 0.15) is 31.0 Å². The molecule has 1 amide bonds. The Morgan fingerprint density at radius 2 is 1.77 bits per heavy atom. The van der Waals surface area contributed by atoms with Crippen molar-refractivity contribution in [2.24, 2.45) is 0 Å². The Hall–Kier alpha value is -4.76. The van der Waals surface area contributed by atoms with Gasteiger partial charge >= 0.3 is 11.8 Å². The molecule has 3 heterocycles. The zero-order chi connectivity index (χ0) is 28.8. The lowest BCUT2D eigenvalue weighted by molar-refractivity contribution is 0.159. The van der Waals surface area contributed by atoms with Gasteiger partial charge in [0.25, 0.3) is 16.7 Å². The van der Waals surface area contributed by atoms with Gasteiger partial charge in [0.2, 0.25) is 11.7 Å². The minimum atomic E-state index is -0.942. The Bertz CT molecular complexity index is 1750. The average molecular weight is 591 g/mol. The number of nitrogens with zero attached hydrogens (tertiary/aromatic N) is 4. The van der Waals surface area contributed by atoms with Crippen LogP contribution >= 0.6 is 23.2 Å². The third-order valence-corrected chi connectivity index (χ3v) is 5.74. The fourth-order valence-corrected chi connectivity index (χ4v) is 3.80. The number of aromatic amines is 3. The smallest absolute Gasteiger partial charge is 0.413 e. The topological polar surface area (TPSA) is 207 Å². The predicted molar refractivity (Wildman–Crippen MR) is 143 cm³/mol. The Morgan fingerprint density at radius 1 is 1.02 bits per heavy atom. The van der Waals surface area contributed by atoms with Gasteiger partial charge < -0.3 is 9.47 Å². The highest BCUT2D eigenvalue weighted by Gasteiger charge is 2.17. The summed E-state index contributed by atoms with van der Waals surface area (Å²) in [5.74, 6) is -0.617. The van der Waals surface area contributed by atoms with Crippen LogP contribution in [0.4, 0.5) is 10.6 Å². The Kier molecular flexibility index (Phi) is 8.76. The first-order valence-electron chi connectivity index (χ1n) is 11.6. The Balaban J connectivity index is 1.59. The summed E-state index contributed by atoms with van der Waals surface area (Å²) in [4.78, 5) is 62.0. The number of carbonyl (C=O) groups excluding carboxylic acids is 1. The minimum absolute atomic E-state index is 0.0326. The number of nitrogens with one attached hydrogen (secondary N) is 4. The van der Waals surface area contributed by atoms with Gasteiger partial charge in [0.15, 0.2) is 5.75 Å². The highest BCUT2D eigenvalue weighted by atomic mass is 35.5. The Morgan fingerprint density at radius 3 is 2.45 bits per heavy atom. The molecular formula is C23H20Cl2N8O7. The molecule has 0 fully saturated rings. The summed E-state index contributed by atoms with van der Waals surface area (Å²) >= 11 is 12.7. The van der Waals surface area contributed by atoms with Gasteiger partial charge in [0, 0.05) is 24.1 Å². The zero-order valence-corrected chi connectivity index (χ0v) is 22.1. The number of anilines is 1. The van der Waals surface area contributed by atoms with Crippen molar-refractivity contribution in [3.05, 3.63) is 93.2 Å². The second kappa shape index (κ2) is 12.4. The number of carbonyl (C=O) groups is 1. The average Bonchev–Trinajstić information content (AvgIpc) is 2.91. The third-order valence-electron chi connectivity index (χ3n) is 5.18. The van der Waals surface area contributed by atoms with Gasteiger partial charge in [-0.2, -0.15) is 9.78 Å². The molecule has 1 aromatic carbocycles. The molecule has 0 aliphatic carbocycles. The first-order valence-corrected chi connectivity index (χ1v) is 12.4. The maximum Gasteiger partial charge on any atom is 0.413 e. The van der Waals surface area contributed by atoms with Crippen molar-refractivity contribution < 1.29 is 14.3 Å². The number of hydrogen-bond donors (Lipinski definition) is 4. The molecule has 0 atom stereocenters. The molecular weight excluding hydrogens is 571 g/mol. The number of hydrogen-bond acceptors (Lipinski definition) is 10. The van der Waals surface area contributed by atoms with Crippen LogP contribution in [0, 0.1) is 0 Å². The fraction of sp³-hybridized carbons (Fsp3) is 0.217. The van der Waals surface area contributed by atoms with E-state index in [0.717, 1.165) is 11.1 Å². The predicted octanol–water partition coefficient (Wildman–Crippen LogP) is 2.13. The van der Waals surface area contributed by atoms with Crippen LogP contribution in [0.3, 0.4) is 0 Å². The molecule has 0 saturated heterocycles. The second-order valence-electron chi connectivity index (χ2n) is 8.12. The first kappa shape index (κ1) is 28.3. The van der Waals surface area contributed by atoms with Gasteiger partial charge in [0.1, 0.15) is 0 Å². The molecule has 4 N–H and O–H groups in total. The van der Waals surface area contributed by atoms with E-state index >= 15 is 0 Å². The summed E-state index contributed by atoms with van der Waals surface area (Å²) in [5.41, 5.74) is -2.09. The molecule has 15 nitrogen and oxygen atoms in total. The van der Waals surface area contributed by atoms with Gasteiger partial charge in [-0.1, -0.05) is 36.5 Å². The molecule has 0 saturated carbocycles. The quantitative estimate of drug-likeness (QED) is 0.209. The molecule has 40 heavy (non-hydrogen) atoms. The lowest BCUT2D eigenvalue weighted by atomic mass is 10.1.